The second kappa shape index (κ2) is 6.49. The predicted octanol–water partition coefficient (Wildman–Crippen LogP) is 1.99. The lowest BCUT2D eigenvalue weighted by molar-refractivity contribution is -0.141. The molecule has 1 aromatic heterocycles. The number of carbonyl (C=O) groups excluding carboxylic acids is 1. The van der Waals surface area contributed by atoms with Crippen molar-refractivity contribution in [2.75, 3.05) is 20.7 Å². The molecule has 0 fully saturated rings. The lowest BCUT2D eigenvalue weighted by atomic mass is 10.2. The lowest BCUT2D eigenvalue weighted by Gasteiger charge is -2.11. The SMILES string of the molecule is COC(=O)CN(C)Cc1nnc(-c2ccccc2Cl)o1. The third kappa shape index (κ3) is 3.55. The van der Waals surface area contributed by atoms with Crippen molar-refractivity contribution in [1.82, 2.24) is 15.1 Å². The Balaban J connectivity index is 2.06. The van der Waals surface area contributed by atoms with Gasteiger partial charge < -0.3 is 9.15 Å². The molecule has 0 spiro atoms. The minimum Gasteiger partial charge on any atom is -0.468 e. The van der Waals surface area contributed by atoms with Gasteiger partial charge in [0.15, 0.2) is 0 Å². The quantitative estimate of drug-likeness (QED) is 0.786. The maximum absolute atomic E-state index is 11.1. The zero-order chi connectivity index (χ0) is 14.5. The Morgan fingerprint density at radius 3 is 2.85 bits per heavy atom. The predicted molar refractivity (Wildman–Crippen MR) is 73.1 cm³/mol. The summed E-state index contributed by atoms with van der Waals surface area (Å²) in [6, 6.07) is 7.23. The molecule has 0 aliphatic carbocycles. The number of carbonyl (C=O) groups is 1. The van der Waals surface area contributed by atoms with Gasteiger partial charge in [-0.2, -0.15) is 0 Å². The summed E-state index contributed by atoms with van der Waals surface area (Å²) < 4.78 is 10.1. The number of esters is 1. The van der Waals surface area contributed by atoms with E-state index in [0.717, 1.165) is 0 Å². The van der Waals surface area contributed by atoms with Crippen LogP contribution in [0.1, 0.15) is 5.89 Å². The first-order valence-corrected chi connectivity index (χ1v) is 6.30. The highest BCUT2D eigenvalue weighted by atomic mass is 35.5. The van der Waals surface area contributed by atoms with Crippen molar-refractivity contribution in [1.29, 1.82) is 0 Å². The molecule has 2 rings (SSSR count). The molecule has 7 heteroatoms. The lowest BCUT2D eigenvalue weighted by Crippen LogP contribution is -2.26. The van der Waals surface area contributed by atoms with E-state index >= 15 is 0 Å². The molecule has 1 aromatic carbocycles. The van der Waals surface area contributed by atoms with Crippen molar-refractivity contribution in [3.63, 3.8) is 0 Å². The van der Waals surface area contributed by atoms with Crippen LogP contribution < -0.4 is 0 Å². The molecule has 0 radical (unpaired) electrons. The molecule has 20 heavy (non-hydrogen) atoms. The second-order valence-corrected chi connectivity index (χ2v) is 4.64. The van der Waals surface area contributed by atoms with Gasteiger partial charge in [-0.3, -0.25) is 9.69 Å². The van der Waals surface area contributed by atoms with E-state index < -0.39 is 0 Å². The third-order valence-electron chi connectivity index (χ3n) is 2.60. The highest BCUT2D eigenvalue weighted by molar-refractivity contribution is 6.33. The van der Waals surface area contributed by atoms with E-state index in [-0.39, 0.29) is 12.5 Å². The maximum Gasteiger partial charge on any atom is 0.319 e. The van der Waals surface area contributed by atoms with Crippen LogP contribution in [0, 0.1) is 0 Å². The van der Waals surface area contributed by atoms with Crippen LogP contribution in [0.4, 0.5) is 0 Å². The molecule has 0 atom stereocenters. The fraction of sp³-hybridized carbons (Fsp3) is 0.308. The number of rotatable bonds is 5. The fourth-order valence-electron chi connectivity index (χ4n) is 1.63. The molecule has 106 valence electrons. The van der Waals surface area contributed by atoms with Gasteiger partial charge in [-0.25, -0.2) is 0 Å². The van der Waals surface area contributed by atoms with Crippen LogP contribution in [0.15, 0.2) is 28.7 Å². The highest BCUT2D eigenvalue weighted by Gasteiger charge is 2.14. The van der Waals surface area contributed by atoms with Gasteiger partial charge in [0.1, 0.15) is 0 Å². The number of hydrogen-bond donors (Lipinski definition) is 0. The van der Waals surface area contributed by atoms with Crippen LogP contribution in [-0.2, 0) is 16.1 Å². The molecular weight excluding hydrogens is 282 g/mol. The van der Waals surface area contributed by atoms with Crippen molar-refractivity contribution in [3.8, 4) is 11.5 Å². The number of benzene rings is 1. The van der Waals surface area contributed by atoms with E-state index in [0.29, 0.717) is 28.9 Å². The van der Waals surface area contributed by atoms with E-state index in [1.807, 2.05) is 12.1 Å². The van der Waals surface area contributed by atoms with Gasteiger partial charge in [0, 0.05) is 0 Å². The number of likely N-dealkylation sites (N-methyl/N-ethyl adjacent to an activating group) is 1. The minimum absolute atomic E-state index is 0.153. The Morgan fingerprint density at radius 2 is 2.15 bits per heavy atom. The molecule has 0 aliphatic rings. The largest absolute Gasteiger partial charge is 0.468 e. The molecule has 0 unspecified atom stereocenters. The molecule has 0 aliphatic heterocycles. The van der Waals surface area contributed by atoms with Crippen LogP contribution in [0.5, 0.6) is 0 Å². The number of methoxy groups -OCH3 is 1. The molecular formula is C13H14ClN3O3. The van der Waals surface area contributed by atoms with E-state index in [1.54, 1.807) is 24.1 Å². The van der Waals surface area contributed by atoms with Gasteiger partial charge in [-0.1, -0.05) is 23.7 Å². The van der Waals surface area contributed by atoms with Gasteiger partial charge in [0.25, 0.3) is 0 Å². The zero-order valence-corrected chi connectivity index (χ0v) is 11.9. The summed E-state index contributed by atoms with van der Waals surface area (Å²) in [5.74, 6) is 0.446. The van der Waals surface area contributed by atoms with E-state index in [4.69, 9.17) is 16.0 Å². The summed E-state index contributed by atoms with van der Waals surface area (Å²) in [6.07, 6.45) is 0. The van der Waals surface area contributed by atoms with E-state index in [2.05, 4.69) is 14.9 Å². The second-order valence-electron chi connectivity index (χ2n) is 4.23. The Labute approximate surface area is 121 Å². The standard InChI is InChI=1S/C13H14ClN3O3/c1-17(8-12(18)19-2)7-11-15-16-13(20-11)9-5-3-4-6-10(9)14/h3-6H,7-8H2,1-2H3. The van der Waals surface area contributed by atoms with Gasteiger partial charge in [-0.05, 0) is 19.2 Å². The van der Waals surface area contributed by atoms with Crippen LogP contribution in [0.25, 0.3) is 11.5 Å². The number of hydrogen-bond acceptors (Lipinski definition) is 6. The molecule has 0 bridgehead atoms. The third-order valence-corrected chi connectivity index (χ3v) is 2.93. The van der Waals surface area contributed by atoms with Crippen LogP contribution in [0.2, 0.25) is 5.02 Å². The van der Waals surface area contributed by atoms with Crippen LogP contribution >= 0.6 is 11.6 Å². The minimum atomic E-state index is -0.321. The average molecular weight is 296 g/mol. The summed E-state index contributed by atoms with van der Waals surface area (Å²) >= 11 is 6.06. The molecule has 6 nitrogen and oxygen atoms in total. The monoisotopic (exact) mass is 295 g/mol. The average Bonchev–Trinajstić information content (AvgIpc) is 2.87. The number of nitrogens with zero attached hydrogens (tertiary/aromatic N) is 3. The van der Waals surface area contributed by atoms with Crippen molar-refractivity contribution in [2.45, 2.75) is 6.54 Å². The Kier molecular flexibility index (Phi) is 4.70. The molecule has 0 amide bonds. The van der Waals surface area contributed by atoms with Crippen molar-refractivity contribution in [2.24, 2.45) is 0 Å². The highest BCUT2D eigenvalue weighted by Crippen LogP contribution is 2.26. The molecule has 2 aromatic rings. The van der Waals surface area contributed by atoms with Crippen molar-refractivity contribution < 1.29 is 13.9 Å². The molecule has 0 saturated carbocycles. The molecule has 0 N–H and O–H groups in total. The molecule has 0 saturated heterocycles. The van der Waals surface area contributed by atoms with Crippen LogP contribution in [0.3, 0.4) is 0 Å². The van der Waals surface area contributed by atoms with Crippen molar-refractivity contribution in [3.05, 3.63) is 35.2 Å². The van der Waals surface area contributed by atoms with E-state index in [1.165, 1.54) is 7.11 Å². The Bertz CT molecular complexity index is 600. The summed E-state index contributed by atoms with van der Waals surface area (Å²) in [7, 11) is 3.11. The summed E-state index contributed by atoms with van der Waals surface area (Å²) in [6.45, 7) is 0.507. The van der Waals surface area contributed by atoms with E-state index in [9.17, 15) is 4.79 Å². The summed E-state index contributed by atoms with van der Waals surface area (Å²) in [4.78, 5) is 12.9. The van der Waals surface area contributed by atoms with Gasteiger partial charge in [0.2, 0.25) is 11.8 Å². The van der Waals surface area contributed by atoms with Crippen molar-refractivity contribution >= 4 is 17.6 Å². The molecule has 1 heterocycles. The first kappa shape index (κ1) is 14.5. The van der Waals surface area contributed by atoms with Gasteiger partial charge >= 0.3 is 5.97 Å². The fourth-order valence-corrected chi connectivity index (χ4v) is 1.85. The normalized spacial score (nSPS) is 10.8. The topological polar surface area (TPSA) is 68.5 Å². The van der Waals surface area contributed by atoms with Gasteiger partial charge in [0.05, 0.1) is 30.8 Å². The Hall–Kier alpha value is -1.92. The summed E-state index contributed by atoms with van der Waals surface area (Å²) in [5, 5.41) is 8.44. The smallest absolute Gasteiger partial charge is 0.319 e. The summed E-state index contributed by atoms with van der Waals surface area (Å²) in [5.41, 5.74) is 0.684. The number of ether oxygens (including phenoxy) is 1. The Morgan fingerprint density at radius 1 is 1.40 bits per heavy atom. The first-order chi connectivity index (χ1) is 9.60. The first-order valence-electron chi connectivity index (χ1n) is 5.93. The zero-order valence-electron chi connectivity index (χ0n) is 11.2. The number of halogens is 1. The van der Waals surface area contributed by atoms with Crippen LogP contribution in [-0.4, -0.2) is 41.8 Å². The number of aromatic nitrogens is 2. The van der Waals surface area contributed by atoms with Gasteiger partial charge in [-0.15, -0.1) is 10.2 Å². The maximum atomic E-state index is 11.1.